The summed E-state index contributed by atoms with van der Waals surface area (Å²) in [4.78, 5) is 17.3. The Bertz CT molecular complexity index is 1050. The number of benzene rings is 2. The summed E-state index contributed by atoms with van der Waals surface area (Å²) in [5.41, 5.74) is 5.96. The van der Waals surface area contributed by atoms with E-state index in [9.17, 15) is 4.79 Å². The van der Waals surface area contributed by atoms with E-state index >= 15 is 0 Å². The molecule has 0 atom stereocenters. The average Bonchev–Trinajstić information content (AvgIpc) is 2.68. The van der Waals surface area contributed by atoms with Gasteiger partial charge in [-0.1, -0.05) is 18.2 Å². The minimum atomic E-state index is -0.265. The molecule has 0 radical (unpaired) electrons. The van der Waals surface area contributed by atoms with E-state index in [4.69, 9.17) is 9.26 Å². The van der Waals surface area contributed by atoms with Crippen LogP contribution in [-0.2, 0) is 0 Å². The van der Waals surface area contributed by atoms with Gasteiger partial charge in [-0.25, -0.2) is 0 Å². The smallest absolute Gasteiger partial charge is 0.269 e. The molecule has 0 saturated carbocycles. The number of hydrogen-bond acceptors (Lipinski definition) is 5. The summed E-state index contributed by atoms with van der Waals surface area (Å²) in [5.74, 6) is 0.890. The highest BCUT2D eigenvalue weighted by atomic mass is 16.5. The standard InChI is InChI=1S/C19H16N4O3/c1-20-19(24)16-11-15(9-10-21-16)25-14-7-8-18-17(12-14)23(26-18)22-13-5-3-2-4-6-13/h2-12,22H,1H3,(H,20,24). The number of fused-ring (bicyclic) bond motifs is 1. The van der Waals surface area contributed by atoms with Crippen LogP contribution in [0.4, 0.5) is 5.69 Å². The topological polar surface area (TPSA) is 81.3 Å². The lowest BCUT2D eigenvalue weighted by molar-refractivity contribution is 0.0958. The van der Waals surface area contributed by atoms with Crippen LogP contribution in [0.5, 0.6) is 11.5 Å². The molecule has 4 aromatic rings. The maximum atomic E-state index is 11.7. The number of hydrogen-bond donors (Lipinski definition) is 2. The zero-order chi connectivity index (χ0) is 17.9. The van der Waals surface area contributed by atoms with Gasteiger partial charge in [-0.3, -0.25) is 15.2 Å². The fraction of sp³-hybridized carbons (Fsp3) is 0.0526. The molecule has 0 unspecified atom stereocenters. The van der Waals surface area contributed by atoms with Crippen LogP contribution in [0.1, 0.15) is 10.5 Å². The fourth-order valence-electron chi connectivity index (χ4n) is 2.48. The maximum Gasteiger partial charge on any atom is 0.269 e. The number of nitrogens with one attached hydrogen (secondary N) is 2. The number of ether oxygens (including phenoxy) is 1. The van der Waals surface area contributed by atoms with E-state index in [1.54, 1.807) is 30.1 Å². The third kappa shape index (κ3) is 3.10. The lowest BCUT2D eigenvalue weighted by Gasteiger charge is -2.16. The van der Waals surface area contributed by atoms with E-state index in [2.05, 4.69) is 15.7 Å². The highest BCUT2D eigenvalue weighted by Gasteiger charge is 2.12. The van der Waals surface area contributed by atoms with Crippen molar-refractivity contribution >= 4 is 22.7 Å². The first-order valence-corrected chi connectivity index (χ1v) is 8.03. The quantitative estimate of drug-likeness (QED) is 0.575. The summed E-state index contributed by atoms with van der Waals surface area (Å²) < 4.78 is 11.4. The largest absolute Gasteiger partial charge is 0.457 e. The van der Waals surface area contributed by atoms with Gasteiger partial charge in [0, 0.05) is 25.4 Å². The second kappa shape index (κ2) is 6.64. The van der Waals surface area contributed by atoms with Crippen molar-refractivity contribution in [1.82, 2.24) is 15.1 Å². The molecule has 2 heterocycles. The summed E-state index contributed by atoms with van der Waals surface area (Å²) >= 11 is 0. The molecule has 130 valence electrons. The number of pyridine rings is 1. The van der Waals surface area contributed by atoms with E-state index in [0.29, 0.717) is 17.2 Å². The van der Waals surface area contributed by atoms with E-state index in [1.807, 2.05) is 42.5 Å². The maximum absolute atomic E-state index is 11.7. The highest BCUT2D eigenvalue weighted by molar-refractivity contribution is 5.92. The van der Waals surface area contributed by atoms with Crippen molar-refractivity contribution in [1.29, 1.82) is 0 Å². The summed E-state index contributed by atoms with van der Waals surface area (Å²) in [6.07, 6.45) is 1.54. The van der Waals surface area contributed by atoms with E-state index in [-0.39, 0.29) is 5.91 Å². The van der Waals surface area contributed by atoms with Crippen molar-refractivity contribution < 1.29 is 14.1 Å². The number of rotatable bonds is 5. The van der Waals surface area contributed by atoms with Gasteiger partial charge >= 0.3 is 0 Å². The van der Waals surface area contributed by atoms with Gasteiger partial charge in [-0.05, 0) is 30.3 Å². The van der Waals surface area contributed by atoms with Crippen molar-refractivity contribution in [3.05, 3.63) is 72.6 Å². The van der Waals surface area contributed by atoms with Crippen molar-refractivity contribution in [2.24, 2.45) is 0 Å². The molecular formula is C19H16N4O3. The molecule has 2 aromatic heterocycles. The number of aromatic nitrogens is 2. The normalized spacial score (nSPS) is 10.7. The number of anilines is 1. The Labute approximate surface area is 149 Å². The molecule has 2 N–H and O–H groups in total. The van der Waals surface area contributed by atoms with Gasteiger partial charge in [-0.2, -0.15) is 0 Å². The van der Waals surface area contributed by atoms with Crippen LogP contribution in [0.25, 0.3) is 11.1 Å². The Morgan fingerprint density at radius 1 is 1.08 bits per heavy atom. The van der Waals surface area contributed by atoms with Gasteiger partial charge in [0.25, 0.3) is 5.91 Å². The van der Waals surface area contributed by atoms with Crippen molar-refractivity contribution in [3.8, 4) is 11.5 Å². The Morgan fingerprint density at radius 3 is 2.69 bits per heavy atom. The van der Waals surface area contributed by atoms with E-state index in [1.165, 1.54) is 6.20 Å². The van der Waals surface area contributed by atoms with Crippen LogP contribution < -0.4 is 15.5 Å². The number of para-hydroxylation sites is 1. The molecular weight excluding hydrogens is 332 g/mol. The minimum Gasteiger partial charge on any atom is -0.457 e. The van der Waals surface area contributed by atoms with Gasteiger partial charge in [0.05, 0.1) is 5.69 Å². The first-order valence-electron chi connectivity index (χ1n) is 8.03. The molecule has 0 saturated heterocycles. The molecule has 7 nitrogen and oxygen atoms in total. The van der Waals surface area contributed by atoms with Gasteiger partial charge in [0.2, 0.25) is 0 Å². The summed E-state index contributed by atoms with van der Waals surface area (Å²) in [6.45, 7) is 0. The average molecular weight is 348 g/mol. The summed E-state index contributed by atoms with van der Waals surface area (Å²) in [7, 11) is 1.56. The zero-order valence-corrected chi connectivity index (χ0v) is 14.0. The second-order valence-electron chi connectivity index (χ2n) is 5.55. The molecule has 0 aliphatic carbocycles. The molecule has 0 aliphatic heterocycles. The van der Waals surface area contributed by atoms with Gasteiger partial charge in [0.15, 0.2) is 5.58 Å². The molecule has 26 heavy (non-hydrogen) atoms. The predicted octanol–water partition coefficient (Wildman–Crippen LogP) is 3.66. The SMILES string of the molecule is CNC(=O)c1cc(Oc2ccc3on(Nc4ccccc4)c3c2)ccn1. The fourth-order valence-corrected chi connectivity index (χ4v) is 2.48. The summed E-state index contributed by atoms with van der Waals surface area (Å²) in [6, 6.07) is 18.5. The number of amides is 1. The Morgan fingerprint density at radius 2 is 1.88 bits per heavy atom. The van der Waals surface area contributed by atoms with Crippen LogP contribution >= 0.6 is 0 Å². The molecule has 0 bridgehead atoms. The highest BCUT2D eigenvalue weighted by Crippen LogP contribution is 2.28. The molecule has 0 spiro atoms. The number of carbonyl (C=O) groups excluding carboxylic acids is 1. The summed E-state index contributed by atoms with van der Waals surface area (Å²) in [5, 5.41) is 2.54. The Hall–Kier alpha value is -3.74. The third-order valence-corrected chi connectivity index (χ3v) is 3.77. The van der Waals surface area contributed by atoms with Crippen LogP contribution in [-0.4, -0.2) is 22.8 Å². The van der Waals surface area contributed by atoms with Crippen LogP contribution in [0.3, 0.4) is 0 Å². The lowest BCUT2D eigenvalue weighted by Crippen LogP contribution is -2.18. The van der Waals surface area contributed by atoms with Gasteiger partial charge in [0.1, 0.15) is 22.7 Å². The van der Waals surface area contributed by atoms with Crippen molar-refractivity contribution in [2.75, 3.05) is 12.5 Å². The second-order valence-corrected chi connectivity index (χ2v) is 5.55. The minimum absolute atomic E-state index is 0.265. The van der Waals surface area contributed by atoms with Crippen molar-refractivity contribution in [2.45, 2.75) is 0 Å². The number of carbonyl (C=O) groups is 1. The van der Waals surface area contributed by atoms with Crippen molar-refractivity contribution in [3.63, 3.8) is 0 Å². The van der Waals surface area contributed by atoms with Crippen LogP contribution in [0.2, 0.25) is 0 Å². The third-order valence-electron chi connectivity index (χ3n) is 3.77. The molecule has 4 rings (SSSR count). The first-order chi connectivity index (χ1) is 12.7. The Kier molecular flexibility index (Phi) is 4.03. The monoisotopic (exact) mass is 348 g/mol. The molecule has 2 aromatic carbocycles. The molecule has 0 fully saturated rings. The zero-order valence-electron chi connectivity index (χ0n) is 14.0. The van der Waals surface area contributed by atoms with E-state index in [0.717, 1.165) is 16.8 Å². The van der Waals surface area contributed by atoms with Crippen LogP contribution in [0.15, 0.2) is 71.4 Å². The molecule has 0 aliphatic rings. The number of nitrogens with zero attached hydrogens (tertiary/aromatic N) is 2. The Balaban J connectivity index is 1.56. The lowest BCUT2D eigenvalue weighted by atomic mass is 10.3. The van der Waals surface area contributed by atoms with Gasteiger partial charge in [-0.15, -0.1) is 4.85 Å². The molecule has 1 amide bonds. The first kappa shape index (κ1) is 15.8. The van der Waals surface area contributed by atoms with Crippen LogP contribution in [0, 0.1) is 0 Å². The van der Waals surface area contributed by atoms with Gasteiger partial charge < -0.3 is 14.6 Å². The molecule has 7 heteroatoms. The van der Waals surface area contributed by atoms with E-state index < -0.39 is 0 Å². The predicted molar refractivity (Wildman–Crippen MR) is 97.4 cm³/mol.